The minimum absolute atomic E-state index is 0.0287. The minimum Gasteiger partial charge on any atom is -0.380 e. The van der Waals surface area contributed by atoms with Gasteiger partial charge in [0.2, 0.25) is 5.91 Å². The maximum absolute atomic E-state index is 13.4. The van der Waals surface area contributed by atoms with Crippen LogP contribution in [0.25, 0.3) is 10.9 Å². The maximum atomic E-state index is 13.4. The van der Waals surface area contributed by atoms with Crippen LogP contribution in [-0.2, 0) is 22.5 Å². The fourth-order valence-electron chi connectivity index (χ4n) is 4.94. The summed E-state index contributed by atoms with van der Waals surface area (Å²) in [5, 5.41) is 8.28. The Labute approximate surface area is 181 Å². The molecule has 7 nitrogen and oxygen atoms in total. The molecule has 4 heterocycles. The fraction of sp³-hybridized carbons (Fsp3) is 0.458. The summed E-state index contributed by atoms with van der Waals surface area (Å²) >= 11 is 0. The van der Waals surface area contributed by atoms with Crippen LogP contribution in [0.3, 0.4) is 0 Å². The van der Waals surface area contributed by atoms with E-state index in [1.165, 1.54) is 0 Å². The molecule has 1 amide bonds. The van der Waals surface area contributed by atoms with Gasteiger partial charge in [-0.3, -0.25) is 9.78 Å². The number of ether oxygens (including phenoxy) is 1. The van der Waals surface area contributed by atoms with Crippen molar-refractivity contribution in [3.8, 4) is 0 Å². The number of nitrogens with zero attached hydrogens (tertiary/aromatic N) is 3. The Hall–Kier alpha value is -2.93. The third kappa shape index (κ3) is 3.57. The van der Waals surface area contributed by atoms with Crippen molar-refractivity contribution in [1.82, 2.24) is 15.5 Å². The van der Waals surface area contributed by atoms with Gasteiger partial charge in [-0.05, 0) is 25.5 Å². The van der Waals surface area contributed by atoms with E-state index in [0.29, 0.717) is 32.1 Å². The van der Waals surface area contributed by atoms with Crippen LogP contribution in [0.4, 0.5) is 5.69 Å². The highest BCUT2D eigenvalue weighted by Gasteiger charge is 2.56. The molecule has 2 aromatic heterocycles. The van der Waals surface area contributed by atoms with Crippen LogP contribution < -0.4 is 10.2 Å². The van der Waals surface area contributed by atoms with E-state index in [0.717, 1.165) is 47.4 Å². The quantitative estimate of drug-likeness (QED) is 0.659. The molecule has 2 fully saturated rings. The summed E-state index contributed by atoms with van der Waals surface area (Å²) in [6.07, 6.45) is 1.89. The fourth-order valence-corrected chi connectivity index (χ4v) is 4.94. The number of hydrogen-bond acceptors (Lipinski definition) is 6. The number of amides is 1. The van der Waals surface area contributed by atoms with Crippen molar-refractivity contribution in [3.05, 3.63) is 53.5 Å². The predicted molar refractivity (Wildman–Crippen MR) is 118 cm³/mol. The van der Waals surface area contributed by atoms with Crippen molar-refractivity contribution in [1.29, 1.82) is 0 Å². The number of para-hydroxylation sites is 1. The number of aromatic nitrogens is 2. The number of anilines is 1. The van der Waals surface area contributed by atoms with E-state index in [9.17, 15) is 4.79 Å². The second kappa shape index (κ2) is 7.96. The van der Waals surface area contributed by atoms with E-state index in [2.05, 4.69) is 39.4 Å². The summed E-state index contributed by atoms with van der Waals surface area (Å²) in [7, 11) is 0. The number of benzene rings is 1. The summed E-state index contributed by atoms with van der Waals surface area (Å²) in [5.41, 5.74) is 3.49. The molecule has 2 aliphatic rings. The standard InChI is InChI=1S/C24H28N4O3/c1-3-6-18-10-19(31-27-18)11-25-23(29)24-14-28(12-17(24)13-30-15-24)22-9-16(2)26-21-8-5-4-7-20(21)22/h4-5,7-10,17H,3,6,11-15H2,1-2H3,(H,25,29)/t17-,24-/m0/s1. The molecule has 0 aliphatic carbocycles. The Balaban J connectivity index is 1.36. The molecule has 0 unspecified atom stereocenters. The van der Waals surface area contributed by atoms with Gasteiger partial charge in [-0.15, -0.1) is 0 Å². The van der Waals surface area contributed by atoms with E-state index in [4.69, 9.17) is 9.26 Å². The average Bonchev–Trinajstić information content (AvgIpc) is 3.46. The number of nitrogens with one attached hydrogen (secondary N) is 1. The number of aryl methyl sites for hydroxylation is 2. The third-order valence-corrected chi connectivity index (χ3v) is 6.53. The highest BCUT2D eigenvalue weighted by molar-refractivity contribution is 5.93. The van der Waals surface area contributed by atoms with Crippen molar-refractivity contribution < 1.29 is 14.1 Å². The van der Waals surface area contributed by atoms with E-state index >= 15 is 0 Å². The normalized spacial score (nSPS) is 22.8. The summed E-state index contributed by atoms with van der Waals surface area (Å²) < 4.78 is 11.2. The number of fused-ring (bicyclic) bond motifs is 2. The smallest absolute Gasteiger partial charge is 0.231 e. The van der Waals surface area contributed by atoms with Crippen molar-refractivity contribution in [2.45, 2.75) is 33.2 Å². The molecule has 0 bridgehead atoms. The summed E-state index contributed by atoms with van der Waals surface area (Å²) in [4.78, 5) is 20.4. The average molecular weight is 421 g/mol. The topological polar surface area (TPSA) is 80.5 Å². The highest BCUT2D eigenvalue weighted by atomic mass is 16.5. The van der Waals surface area contributed by atoms with Crippen molar-refractivity contribution >= 4 is 22.5 Å². The molecule has 0 spiro atoms. The number of rotatable bonds is 6. The second-order valence-electron chi connectivity index (χ2n) is 8.77. The van der Waals surface area contributed by atoms with Gasteiger partial charge in [0.15, 0.2) is 5.76 Å². The lowest BCUT2D eigenvalue weighted by molar-refractivity contribution is -0.131. The third-order valence-electron chi connectivity index (χ3n) is 6.53. The van der Waals surface area contributed by atoms with Gasteiger partial charge >= 0.3 is 0 Å². The van der Waals surface area contributed by atoms with E-state index in [-0.39, 0.29) is 11.8 Å². The molecule has 0 radical (unpaired) electrons. The molecule has 1 N–H and O–H groups in total. The minimum atomic E-state index is -0.551. The van der Waals surface area contributed by atoms with E-state index in [1.807, 2.05) is 31.2 Å². The van der Waals surface area contributed by atoms with Gasteiger partial charge in [-0.1, -0.05) is 36.7 Å². The van der Waals surface area contributed by atoms with Crippen molar-refractivity contribution in [2.24, 2.45) is 11.3 Å². The number of carbonyl (C=O) groups excluding carboxylic acids is 1. The van der Waals surface area contributed by atoms with Crippen LogP contribution in [0.5, 0.6) is 0 Å². The molecule has 3 aromatic rings. The zero-order valence-corrected chi connectivity index (χ0v) is 18.1. The SMILES string of the molecule is CCCc1cc(CNC(=O)[C@@]23COC[C@@H]2CN(c2cc(C)nc4ccccc24)C3)on1. The summed E-state index contributed by atoms with van der Waals surface area (Å²) in [6.45, 7) is 6.95. The van der Waals surface area contributed by atoms with Gasteiger partial charge in [-0.25, -0.2) is 0 Å². The molecule has 1 aromatic carbocycles. The first-order chi connectivity index (χ1) is 15.1. The molecule has 2 aliphatic heterocycles. The number of hydrogen-bond donors (Lipinski definition) is 1. The van der Waals surface area contributed by atoms with Gasteiger partial charge in [0.05, 0.1) is 36.4 Å². The Morgan fingerprint density at radius 2 is 2.19 bits per heavy atom. The highest BCUT2D eigenvalue weighted by Crippen LogP contribution is 2.44. The van der Waals surface area contributed by atoms with Crippen LogP contribution >= 0.6 is 0 Å². The van der Waals surface area contributed by atoms with Gasteiger partial charge in [0.1, 0.15) is 0 Å². The number of pyridine rings is 1. The molecule has 162 valence electrons. The van der Waals surface area contributed by atoms with Crippen LogP contribution in [0, 0.1) is 18.3 Å². The lowest BCUT2D eigenvalue weighted by Gasteiger charge is -2.27. The largest absolute Gasteiger partial charge is 0.380 e. The van der Waals surface area contributed by atoms with Crippen LogP contribution in [0.2, 0.25) is 0 Å². The second-order valence-corrected chi connectivity index (χ2v) is 8.77. The zero-order chi connectivity index (χ0) is 21.4. The first-order valence-corrected chi connectivity index (χ1v) is 11.0. The molecule has 2 atom stereocenters. The first kappa shape index (κ1) is 20.0. The summed E-state index contributed by atoms with van der Waals surface area (Å²) in [5.74, 6) is 0.875. The monoisotopic (exact) mass is 420 g/mol. The Bertz CT molecular complexity index is 1110. The van der Waals surface area contributed by atoms with Gasteiger partial charge in [-0.2, -0.15) is 0 Å². The van der Waals surface area contributed by atoms with Crippen LogP contribution in [0.15, 0.2) is 40.9 Å². The lowest BCUT2D eigenvalue weighted by Crippen LogP contribution is -2.46. The molecule has 5 rings (SSSR count). The zero-order valence-electron chi connectivity index (χ0n) is 18.1. The Kier molecular flexibility index (Phi) is 5.14. The van der Waals surface area contributed by atoms with Crippen LogP contribution in [0.1, 0.15) is 30.5 Å². The van der Waals surface area contributed by atoms with Gasteiger partial charge < -0.3 is 19.5 Å². The number of carbonyl (C=O) groups is 1. The Morgan fingerprint density at radius 1 is 1.32 bits per heavy atom. The Morgan fingerprint density at radius 3 is 3.06 bits per heavy atom. The molecule has 7 heteroatoms. The van der Waals surface area contributed by atoms with Crippen molar-refractivity contribution in [2.75, 3.05) is 31.2 Å². The first-order valence-electron chi connectivity index (χ1n) is 11.0. The molecule has 2 saturated heterocycles. The van der Waals surface area contributed by atoms with E-state index in [1.54, 1.807) is 0 Å². The molecule has 31 heavy (non-hydrogen) atoms. The maximum Gasteiger partial charge on any atom is 0.231 e. The predicted octanol–water partition coefficient (Wildman–Crippen LogP) is 3.25. The van der Waals surface area contributed by atoms with Gasteiger partial charge in [0.25, 0.3) is 0 Å². The summed E-state index contributed by atoms with van der Waals surface area (Å²) in [6, 6.07) is 12.2. The lowest BCUT2D eigenvalue weighted by atomic mass is 9.80. The van der Waals surface area contributed by atoms with Crippen LogP contribution in [-0.4, -0.2) is 42.4 Å². The van der Waals surface area contributed by atoms with Gasteiger partial charge in [0, 0.05) is 41.8 Å². The molecular weight excluding hydrogens is 392 g/mol. The van der Waals surface area contributed by atoms with E-state index < -0.39 is 5.41 Å². The molecule has 0 saturated carbocycles. The van der Waals surface area contributed by atoms with Crippen molar-refractivity contribution in [3.63, 3.8) is 0 Å². The molecular formula is C24H28N4O3.